The molecule has 1 heterocycles. The molecule has 0 fully saturated rings. The molecule has 2 rings (SSSR count). The summed E-state index contributed by atoms with van der Waals surface area (Å²) in [6, 6.07) is 7.50. The van der Waals surface area contributed by atoms with E-state index in [-0.39, 0.29) is 5.75 Å². The Kier molecular flexibility index (Phi) is 5.95. The molecule has 2 N–H and O–H groups in total. The number of thiazole rings is 1. The number of hydrogen-bond donors (Lipinski definition) is 2. The average molecular weight is 368 g/mol. The SMILES string of the molecule is CCS(=O)(=O)Nc1nc(CCc2ccc(C(C)C(=O)O)cc2)cs1. The molecule has 0 saturated carbocycles. The van der Waals surface area contributed by atoms with Gasteiger partial charge in [0.1, 0.15) is 0 Å². The van der Waals surface area contributed by atoms with Crippen LogP contribution in [-0.2, 0) is 27.7 Å². The quantitative estimate of drug-likeness (QED) is 0.747. The highest BCUT2D eigenvalue weighted by atomic mass is 32.2. The summed E-state index contributed by atoms with van der Waals surface area (Å²) in [7, 11) is -3.30. The predicted octanol–water partition coefficient (Wildman–Crippen LogP) is 2.88. The average Bonchev–Trinajstić information content (AvgIpc) is 2.99. The van der Waals surface area contributed by atoms with Gasteiger partial charge in [-0.2, -0.15) is 0 Å². The summed E-state index contributed by atoms with van der Waals surface area (Å²) in [6.07, 6.45) is 1.45. The molecule has 0 aliphatic rings. The lowest BCUT2D eigenvalue weighted by molar-refractivity contribution is -0.138. The second-order valence-corrected chi connectivity index (χ2v) is 8.32. The van der Waals surface area contributed by atoms with Crippen LogP contribution in [-0.4, -0.2) is 30.2 Å². The Bertz CT molecular complexity index is 798. The van der Waals surface area contributed by atoms with Crippen LogP contribution in [0.4, 0.5) is 5.13 Å². The maximum atomic E-state index is 11.5. The molecule has 0 amide bonds. The number of aromatic nitrogens is 1. The van der Waals surface area contributed by atoms with Gasteiger partial charge in [-0.1, -0.05) is 24.3 Å². The van der Waals surface area contributed by atoms with E-state index >= 15 is 0 Å². The maximum Gasteiger partial charge on any atom is 0.310 e. The van der Waals surface area contributed by atoms with Gasteiger partial charge in [0.2, 0.25) is 10.0 Å². The van der Waals surface area contributed by atoms with Crippen LogP contribution in [0.5, 0.6) is 0 Å². The summed E-state index contributed by atoms with van der Waals surface area (Å²) < 4.78 is 25.5. The third-order valence-corrected chi connectivity index (χ3v) is 5.89. The Hall–Kier alpha value is -1.93. The fraction of sp³-hybridized carbons (Fsp3) is 0.375. The molecular weight excluding hydrogens is 348 g/mol. The fourth-order valence-corrected chi connectivity index (χ4v) is 3.68. The molecule has 8 heteroatoms. The molecule has 0 bridgehead atoms. The van der Waals surface area contributed by atoms with Crippen LogP contribution in [0.1, 0.15) is 36.6 Å². The number of nitrogens with one attached hydrogen (secondary N) is 1. The zero-order chi connectivity index (χ0) is 17.7. The van der Waals surface area contributed by atoms with Crippen molar-refractivity contribution in [1.82, 2.24) is 4.98 Å². The van der Waals surface area contributed by atoms with E-state index in [1.807, 2.05) is 29.6 Å². The molecule has 1 aromatic carbocycles. The molecule has 0 aliphatic heterocycles. The van der Waals surface area contributed by atoms with E-state index < -0.39 is 21.9 Å². The first-order valence-electron chi connectivity index (χ1n) is 7.57. The van der Waals surface area contributed by atoms with Crippen molar-refractivity contribution in [3.8, 4) is 0 Å². The Morgan fingerprint density at radius 1 is 1.29 bits per heavy atom. The van der Waals surface area contributed by atoms with Crippen LogP contribution in [0.15, 0.2) is 29.6 Å². The van der Waals surface area contributed by atoms with Crippen LogP contribution in [0.25, 0.3) is 0 Å². The van der Waals surface area contributed by atoms with Crippen molar-refractivity contribution in [2.45, 2.75) is 32.6 Å². The second kappa shape index (κ2) is 7.76. The highest BCUT2D eigenvalue weighted by Crippen LogP contribution is 2.20. The number of carboxylic acids is 1. The van der Waals surface area contributed by atoms with Crippen molar-refractivity contribution < 1.29 is 18.3 Å². The Balaban J connectivity index is 1.94. The molecule has 1 aromatic heterocycles. The molecule has 0 radical (unpaired) electrons. The summed E-state index contributed by atoms with van der Waals surface area (Å²) in [6.45, 7) is 3.23. The summed E-state index contributed by atoms with van der Waals surface area (Å²) in [5, 5.41) is 11.2. The van der Waals surface area contributed by atoms with Gasteiger partial charge in [0.05, 0.1) is 17.4 Å². The third kappa shape index (κ3) is 5.04. The minimum absolute atomic E-state index is 0.0169. The number of benzene rings is 1. The molecule has 1 atom stereocenters. The van der Waals surface area contributed by atoms with Crippen LogP contribution in [0.2, 0.25) is 0 Å². The van der Waals surface area contributed by atoms with Crippen LogP contribution < -0.4 is 4.72 Å². The van der Waals surface area contributed by atoms with Gasteiger partial charge in [-0.3, -0.25) is 9.52 Å². The first-order chi connectivity index (χ1) is 11.3. The zero-order valence-electron chi connectivity index (χ0n) is 13.5. The van der Waals surface area contributed by atoms with Gasteiger partial charge >= 0.3 is 5.97 Å². The molecule has 130 valence electrons. The van der Waals surface area contributed by atoms with E-state index in [1.165, 1.54) is 11.3 Å². The number of nitrogens with zero attached hydrogens (tertiary/aromatic N) is 1. The lowest BCUT2D eigenvalue weighted by Crippen LogP contribution is -2.14. The second-order valence-electron chi connectivity index (χ2n) is 5.45. The number of sulfonamides is 1. The smallest absolute Gasteiger partial charge is 0.310 e. The van der Waals surface area contributed by atoms with Gasteiger partial charge in [0.15, 0.2) is 5.13 Å². The molecule has 2 aromatic rings. The Morgan fingerprint density at radius 3 is 2.54 bits per heavy atom. The van der Waals surface area contributed by atoms with Gasteiger partial charge in [-0.05, 0) is 37.8 Å². The maximum absolute atomic E-state index is 11.5. The first-order valence-corrected chi connectivity index (χ1v) is 10.1. The van der Waals surface area contributed by atoms with Crippen molar-refractivity contribution in [2.75, 3.05) is 10.5 Å². The van der Waals surface area contributed by atoms with Gasteiger partial charge in [-0.25, -0.2) is 13.4 Å². The molecule has 6 nitrogen and oxygen atoms in total. The number of carbonyl (C=O) groups is 1. The monoisotopic (exact) mass is 368 g/mol. The van der Waals surface area contributed by atoms with Gasteiger partial charge < -0.3 is 5.11 Å². The van der Waals surface area contributed by atoms with Crippen molar-refractivity contribution in [3.05, 3.63) is 46.5 Å². The standard InChI is InChI=1S/C16H20N2O4S2/c1-3-24(21,22)18-16-17-14(10-23-16)9-6-12-4-7-13(8-5-12)11(2)15(19)20/h4-5,7-8,10-11H,3,6,9H2,1-2H3,(H,17,18)(H,19,20). The normalized spacial score (nSPS) is 12.8. The number of rotatable bonds is 8. The largest absolute Gasteiger partial charge is 0.481 e. The first kappa shape index (κ1) is 18.4. The molecule has 0 aliphatic carbocycles. The number of anilines is 1. The molecule has 0 saturated heterocycles. The van der Waals surface area contributed by atoms with E-state index in [0.29, 0.717) is 11.6 Å². The zero-order valence-corrected chi connectivity index (χ0v) is 15.2. The van der Waals surface area contributed by atoms with E-state index in [2.05, 4.69) is 9.71 Å². The van der Waals surface area contributed by atoms with Crippen LogP contribution in [0, 0.1) is 0 Å². The van der Waals surface area contributed by atoms with Crippen LogP contribution >= 0.6 is 11.3 Å². The third-order valence-electron chi connectivity index (χ3n) is 3.69. The number of aryl methyl sites for hydroxylation is 2. The molecule has 1 unspecified atom stereocenters. The summed E-state index contributed by atoms with van der Waals surface area (Å²) >= 11 is 1.27. The van der Waals surface area contributed by atoms with E-state index in [1.54, 1.807) is 13.8 Å². The number of aliphatic carboxylic acids is 1. The van der Waals surface area contributed by atoms with Gasteiger partial charge in [0, 0.05) is 5.38 Å². The highest BCUT2D eigenvalue weighted by molar-refractivity contribution is 7.92. The summed E-state index contributed by atoms with van der Waals surface area (Å²) in [5.41, 5.74) is 2.69. The molecular formula is C16H20N2O4S2. The topological polar surface area (TPSA) is 96.4 Å². The molecule has 24 heavy (non-hydrogen) atoms. The number of hydrogen-bond acceptors (Lipinski definition) is 5. The lowest BCUT2D eigenvalue weighted by Gasteiger charge is -2.07. The van der Waals surface area contributed by atoms with Crippen LogP contribution in [0.3, 0.4) is 0 Å². The lowest BCUT2D eigenvalue weighted by atomic mass is 9.99. The van der Waals surface area contributed by atoms with Crippen molar-refractivity contribution in [1.29, 1.82) is 0 Å². The van der Waals surface area contributed by atoms with Gasteiger partial charge in [0.25, 0.3) is 0 Å². The van der Waals surface area contributed by atoms with E-state index in [0.717, 1.165) is 23.2 Å². The Labute approximate surface area is 145 Å². The summed E-state index contributed by atoms with van der Waals surface area (Å²) in [5.74, 6) is -1.35. The predicted molar refractivity (Wildman–Crippen MR) is 95.1 cm³/mol. The molecule has 0 spiro atoms. The minimum atomic E-state index is -3.30. The Morgan fingerprint density at radius 2 is 1.96 bits per heavy atom. The van der Waals surface area contributed by atoms with Crippen molar-refractivity contribution in [2.24, 2.45) is 0 Å². The van der Waals surface area contributed by atoms with E-state index in [9.17, 15) is 13.2 Å². The fourth-order valence-electron chi connectivity index (χ4n) is 2.06. The highest BCUT2D eigenvalue weighted by Gasteiger charge is 2.13. The summed E-state index contributed by atoms with van der Waals surface area (Å²) in [4.78, 5) is 15.2. The number of carboxylic acid groups (broad SMARTS) is 1. The van der Waals surface area contributed by atoms with Crippen molar-refractivity contribution in [3.63, 3.8) is 0 Å². The van der Waals surface area contributed by atoms with E-state index in [4.69, 9.17) is 5.11 Å². The minimum Gasteiger partial charge on any atom is -0.481 e. The van der Waals surface area contributed by atoms with Gasteiger partial charge in [-0.15, -0.1) is 11.3 Å². The van der Waals surface area contributed by atoms with Crippen molar-refractivity contribution >= 4 is 32.5 Å².